The van der Waals surface area contributed by atoms with Crippen LogP contribution in [0.3, 0.4) is 0 Å². The lowest BCUT2D eigenvalue weighted by atomic mass is 9.91. The zero-order valence-corrected chi connectivity index (χ0v) is 23.7. The number of amides is 1. The van der Waals surface area contributed by atoms with Crippen molar-refractivity contribution >= 4 is 39.6 Å². The first kappa shape index (κ1) is 27.4. The van der Waals surface area contributed by atoms with Crippen molar-refractivity contribution in [1.82, 2.24) is 24.4 Å². The number of aryl methyl sites for hydroxylation is 1. The van der Waals surface area contributed by atoms with E-state index < -0.39 is 11.4 Å². The Bertz CT molecular complexity index is 1720. The number of benzene rings is 1. The van der Waals surface area contributed by atoms with Gasteiger partial charge in [0.05, 0.1) is 22.8 Å². The molecular weight excluding hydrogens is 545 g/mol. The summed E-state index contributed by atoms with van der Waals surface area (Å²) in [6.45, 7) is 1.72. The van der Waals surface area contributed by atoms with E-state index in [1.807, 2.05) is 49.0 Å². The minimum absolute atomic E-state index is 0.0758. The van der Waals surface area contributed by atoms with Gasteiger partial charge in [0.25, 0.3) is 11.5 Å². The molecule has 1 aliphatic carbocycles. The second-order valence-electron chi connectivity index (χ2n) is 10.8. The lowest BCUT2D eigenvalue weighted by Crippen LogP contribution is -2.47. The third-order valence-electron chi connectivity index (χ3n) is 8.13. The molecule has 0 unspecified atom stereocenters. The molecule has 0 atom stereocenters. The average molecular weight is 578 g/mol. The summed E-state index contributed by atoms with van der Waals surface area (Å²) in [6, 6.07) is 10.3. The van der Waals surface area contributed by atoms with Crippen LogP contribution in [0, 0.1) is 12.7 Å². The molecule has 0 radical (unpaired) electrons. The Labute approximate surface area is 240 Å². The number of nitrogens with zero attached hydrogens (tertiary/aromatic N) is 4. The molecule has 1 saturated heterocycles. The summed E-state index contributed by atoms with van der Waals surface area (Å²) in [5, 5.41) is 4.10. The van der Waals surface area contributed by atoms with Crippen molar-refractivity contribution in [2.24, 2.45) is 0 Å². The molecule has 11 heteroatoms. The summed E-state index contributed by atoms with van der Waals surface area (Å²) in [5.41, 5.74) is 0.963. The average Bonchev–Trinajstić information content (AvgIpc) is 2.98. The molecule has 41 heavy (non-hydrogen) atoms. The van der Waals surface area contributed by atoms with E-state index in [-0.39, 0.29) is 47.4 Å². The smallest absolute Gasteiger partial charge is 0.333 e. The van der Waals surface area contributed by atoms with E-state index in [2.05, 4.69) is 15.3 Å². The third-order valence-corrected chi connectivity index (χ3v) is 9.18. The molecule has 2 aliphatic rings. The second-order valence-corrected chi connectivity index (χ2v) is 12.0. The fourth-order valence-electron chi connectivity index (χ4n) is 6.03. The number of pyridine rings is 2. The highest BCUT2D eigenvalue weighted by Gasteiger charge is 2.29. The largest absolute Gasteiger partial charge is 0.482 e. The molecule has 1 saturated carbocycles. The van der Waals surface area contributed by atoms with Gasteiger partial charge >= 0.3 is 5.69 Å². The summed E-state index contributed by atoms with van der Waals surface area (Å²) in [7, 11) is 0. The molecule has 1 N–H and O–H groups in total. The molecule has 1 amide bonds. The Balaban J connectivity index is 1.14. The van der Waals surface area contributed by atoms with Gasteiger partial charge in [-0.2, -0.15) is 11.8 Å². The molecule has 9 nitrogen and oxygen atoms in total. The van der Waals surface area contributed by atoms with Crippen molar-refractivity contribution in [2.45, 2.75) is 63.6 Å². The molecule has 4 aromatic rings. The fraction of sp³-hybridized carbons (Fsp3) is 0.433. The van der Waals surface area contributed by atoms with Crippen LogP contribution >= 0.6 is 11.8 Å². The molecule has 1 aliphatic heterocycles. The Morgan fingerprint density at radius 3 is 2.56 bits per heavy atom. The van der Waals surface area contributed by atoms with Gasteiger partial charge in [0.1, 0.15) is 17.2 Å². The number of para-hydroxylation sites is 1. The van der Waals surface area contributed by atoms with E-state index in [9.17, 15) is 18.8 Å². The highest BCUT2D eigenvalue weighted by molar-refractivity contribution is 7.99. The van der Waals surface area contributed by atoms with Crippen molar-refractivity contribution < 1.29 is 13.9 Å². The molecule has 4 heterocycles. The predicted octanol–water partition coefficient (Wildman–Crippen LogP) is 4.30. The zero-order chi connectivity index (χ0) is 28.5. The second kappa shape index (κ2) is 11.6. The van der Waals surface area contributed by atoms with Crippen molar-refractivity contribution in [2.75, 3.05) is 18.1 Å². The molecule has 3 aromatic heterocycles. The van der Waals surface area contributed by atoms with Crippen molar-refractivity contribution in [1.29, 1.82) is 0 Å². The number of halogens is 1. The quantitative estimate of drug-likeness (QED) is 0.364. The fourth-order valence-corrected chi connectivity index (χ4v) is 7.11. The first-order chi connectivity index (χ1) is 19.9. The van der Waals surface area contributed by atoms with Gasteiger partial charge in [-0.1, -0.05) is 18.2 Å². The van der Waals surface area contributed by atoms with Gasteiger partial charge in [0, 0.05) is 23.5 Å². The zero-order valence-electron chi connectivity index (χ0n) is 22.8. The molecule has 6 rings (SSSR count). The van der Waals surface area contributed by atoms with Gasteiger partial charge in [-0.15, -0.1) is 0 Å². The van der Waals surface area contributed by atoms with Crippen molar-refractivity contribution in [3.63, 3.8) is 0 Å². The maximum atomic E-state index is 14.1. The van der Waals surface area contributed by atoms with Gasteiger partial charge in [-0.25, -0.2) is 19.2 Å². The van der Waals surface area contributed by atoms with Gasteiger partial charge < -0.3 is 10.1 Å². The number of ether oxygens (including phenoxy) is 1. The van der Waals surface area contributed by atoms with E-state index in [1.165, 1.54) is 10.6 Å². The summed E-state index contributed by atoms with van der Waals surface area (Å²) in [4.78, 5) is 48.7. The number of thioether (sulfide) groups is 1. The van der Waals surface area contributed by atoms with Crippen LogP contribution in [0.25, 0.3) is 21.9 Å². The van der Waals surface area contributed by atoms with E-state index in [0.29, 0.717) is 37.1 Å². The van der Waals surface area contributed by atoms with E-state index in [4.69, 9.17) is 4.74 Å². The van der Waals surface area contributed by atoms with Gasteiger partial charge in [0.2, 0.25) is 0 Å². The standard InChI is InChI=1S/C30H32FN5O4S/c1-18-26(14-19-4-2-3-5-25(19)33-18)40-17-27(37)34-21-6-8-22(9-7-21)36-29(38)24-15-20(31)16-32-28(24)35(30(36)39)23-10-12-41-13-11-23/h2-5,14-16,21-23H,6-13,17H2,1H3,(H,34,37)/t21-,22+. The first-order valence-corrected chi connectivity index (χ1v) is 15.2. The Hall–Kier alpha value is -3.73. The van der Waals surface area contributed by atoms with Crippen molar-refractivity contribution in [3.8, 4) is 5.75 Å². The molecule has 0 spiro atoms. The summed E-state index contributed by atoms with van der Waals surface area (Å²) < 4.78 is 22.9. The highest BCUT2D eigenvalue weighted by atomic mass is 32.2. The van der Waals surface area contributed by atoms with Crippen molar-refractivity contribution in [3.05, 3.63) is 74.9 Å². The first-order valence-electron chi connectivity index (χ1n) is 14.1. The van der Waals surface area contributed by atoms with Crippen LogP contribution in [0.2, 0.25) is 0 Å². The monoisotopic (exact) mass is 577 g/mol. The number of aromatic nitrogens is 4. The predicted molar refractivity (Wildman–Crippen MR) is 157 cm³/mol. The SMILES string of the molecule is Cc1nc2ccccc2cc1OCC(=O)N[C@H]1CC[C@@H](n2c(=O)c3cc(F)cnc3n(C3CCSCC3)c2=O)CC1. The minimum atomic E-state index is -0.603. The van der Waals surface area contributed by atoms with Crippen LogP contribution in [0.5, 0.6) is 5.75 Å². The van der Waals surface area contributed by atoms with E-state index in [1.54, 1.807) is 4.57 Å². The van der Waals surface area contributed by atoms with Crippen LogP contribution < -0.4 is 21.3 Å². The van der Waals surface area contributed by atoms with E-state index >= 15 is 0 Å². The number of carbonyl (C=O) groups is 1. The summed E-state index contributed by atoms with van der Waals surface area (Å²) in [6.07, 6.45) is 4.97. The number of rotatable bonds is 6. The van der Waals surface area contributed by atoms with Crippen LogP contribution in [-0.2, 0) is 4.79 Å². The number of hydrogen-bond donors (Lipinski definition) is 1. The van der Waals surface area contributed by atoms with Crippen LogP contribution in [-0.4, -0.2) is 49.2 Å². The minimum Gasteiger partial charge on any atom is -0.482 e. The Kier molecular flexibility index (Phi) is 7.79. The summed E-state index contributed by atoms with van der Waals surface area (Å²) in [5.74, 6) is 1.57. The molecule has 2 fully saturated rings. The van der Waals surface area contributed by atoms with Crippen LogP contribution in [0.4, 0.5) is 4.39 Å². The van der Waals surface area contributed by atoms with Gasteiger partial charge in [-0.3, -0.25) is 18.7 Å². The number of hydrogen-bond acceptors (Lipinski definition) is 7. The van der Waals surface area contributed by atoms with E-state index in [0.717, 1.165) is 41.4 Å². The highest BCUT2D eigenvalue weighted by Crippen LogP contribution is 2.30. The number of carbonyl (C=O) groups excluding carboxylic acids is 1. The number of nitrogens with one attached hydrogen (secondary N) is 1. The molecule has 214 valence electrons. The van der Waals surface area contributed by atoms with Gasteiger partial charge in [0.15, 0.2) is 6.61 Å². The maximum Gasteiger partial charge on any atom is 0.333 e. The normalized spacial score (nSPS) is 19.9. The maximum absolute atomic E-state index is 14.1. The molecule has 1 aromatic carbocycles. The molecule has 0 bridgehead atoms. The van der Waals surface area contributed by atoms with Gasteiger partial charge in [-0.05, 0) is 75.2 Å². The van der Waals surface area contributed by atoms with Crippen LogP contribution in [0.1, 0.15) is 56.3 Å². The lowest BCUT2D eigenvalue weighted by molar-refractivity contribution is -0.124. The number of fused-ring (bicyclic) bond motifs is 2. The molecular formula is C30H32FN5O4S. The summed E-state index contributed by atoms with van der Waals surface area (Å²) >= 11 is 1.84. The van der Waals surface area contributed by atoms with Crippen LogP contribution in [0.15, 0.2) is 52.2 Å². The Morgan fingerprint density at radius 2 is 1.78 bits per heavy atom. The topological polar surface area (TPSA) is 108 Å². The lowest BCUT2D eigenvalue weighted by Gasteiger charge is -2.31. The third kappa shape index (κ3) is 5.59. The Morgan fingerprint density at radius 1 is 1.05 bits per heavy atom.